The molecule has 1 aliphatic rings. The van der Waals surface area contributed by atoms with Gasteiger partial charge in [-0.05, 0) is 44.1 Å². The highest BCUT2D eigenvalue weighted by Crippen LogP contribution is 2.26. The van der Waals surface area contributed by atoms with Gasteiger partial charge < -0.3 is 10.6 Å². The molecule has 1 aromatic carbocycles. The predicted molar refractivity (Wildman–Crippen MR) is 82.5 cm³/mol. The van der Waals surface area contributed by atoms with Gasteiger partial charge in [0.25, 0.3) is 0 Å². The van der Waals surface area contributed by atoms with E-state index in [4.69, 9.17) is 0 Å². The van der Waals surface area contributed by atoms with Crippen LogP contribution in [0.4, 0.5) is 14.5 Å². The number of halogens is 2. The summed E-state index contributed by atoms with van der Waals surface area (Å²) < 4.78 is 26.8. The SMILES string of the molecule is CSC1CCC(NCC(=O)Nc2c(F)cccc2F)CC1. The summed E-state index contributed by atoms with van der Waals surface area (Å²) in [6.45, 7) is 0.0718. The van der Waals surface area contributed by atoms with E-state index >= 15 is 0 Å². The van der Waals surface area contributed by atoms with Crippen LogP contribution in [0, 0.1) is 11.6 Å². The van der Waals surface area contributed by atoms with Crippen molar-refractivity contribution in [2.45, 2.75) is 37.0 Å². The predicted octanol–water partition coefficient (Wildman–Crippen LogP) is 3.17. The molecule has 6 heteroatoms. The Morgan fingerprint density at radius 1 is 1.24 bits per heavy atom. The van der Waals surface area contributed by atoms with Crippen molar-refractivity contribution in [3.63, 3.8) is 0 Å². The van der Waals surface area contributed by atoms with E-state index < -0.39 is 17.5 Å². The second-order valence-corrected chi connectivity index (χ2v) is 6.37. The summed E-state index contributed by atoms with van der Waals surface area (Å²) in [4.78, 5) is 11.8. The molecule has 21 heavy (non-hydrogen) atoms. The molecule has 3 nitrogen and oxygen atoms in total. The molecule has 0 aromatic heterocycles. The summed E-state index contributed by atoms with van der Waals surface area (Å²) in [5.74, 6) is -1.95. The summed E-state index contributed by atoms with van der Waals surface area (Å²) >= 11 is 1.89. The van der Waals surface area contributed by atoms with Crippen LogP contribution in [-0.2, 0) is 4.79 Å². The van der Waals surface area contributed by atoms with Gasteiger partial charge in [-0.3, -0.25) is 4.79 Å². The molecule has 0 atom stereocenters. The van der Waals surface area contributed by atoms with Crippen LogP contribution in [0.1, 0.15) is 25.7 Å². The third kappa shape index (κ3) is 4.68. The van der Waals surface area contributed by atoms with Crippen LogP contribution in [-0.4, -0.2) is 30.0 Å². The Labute approximate surface area is 127 Å². The highest BCUT2D eigenvalue weighted by molar-refractivity contribution is 7.99. The van der Waals surface area contributed by atoms with Crippen LogP contribution >= 0.6 is 11.8 Å². The zero-order valence-electron chi connectivity index (χ0n) is 12.0. The number of thioether (sulfide) groups is 1. The van der Waals surface area contributed by atoms with E-state index in [9.17, 15) is 13.6 Å². The maximum absolute atomic E-state index is 13.4. The van der Waals surface area contributed by atoms with Gasteiger partial charge in [0.05, 0.1) is 6.54 Å². The minimum absolute atomic E-state index is 0.0718. The lowest BCUT2D eigenvalue weighted by Crippen LogP contribution is -2.39. The Hall–Kier alpha value is -1.14. The maximum Gasteiger partial charge on any atom is 0.238 e. The number of nitrogens with one attached hydrogen (secondary N) is 2. The molecule has 2 rings (SSSR count). The van der Waals surface area contributed by atoms with Crippen LogP contribution in [0.5, 0.6) is 0 Å². The van der Waals surface area contributed by atoms with Crippen LogP contribution in [0.3, 0.4) is 0 Å². The average Bonchev–Trinajstić information content (AvgIpc) is 2.49. The molecule has 0 saturated heterocycles. The number of benzene rings is 1. The first-order valence-corrected chi connectivity index (χ1v) is 8.39. The summed E-state index contributed by atoms with van der Waals surface area (Å²) in [6.07, 6.45) is 6.47. The fourth-order valence-electron chi connectivity index (χ4n) is 2.54. The zero-order chi connectivity index (χ0) is 15.2. The van der Waals surface area contributed by atoms with E-state index in [2.05, 4.69) is 16.9 Å². The molecule has 1 aromatic rings. The number of hydrogen-bond acceptors (Lipinski definition) is 3. The van der Waals surface area contributed by atoms with Crippen molar-refractivity contribution in [3.05, 3.63) is 29.8 Å². The van der Waals surface area contributed by atoms with Crippen molar-refractivity contribution in [1.82, 2.24) is 5.32 Å². The second kappa shape index (κ2) is 7.75. The first kappa shape index (κ1) is 16.2. The Kier molecular flexibility index (Phi) is 5.99. The monoisotopic (exact) mass is 314 g/mol. The van der Waals surface area contributed by atoms with E-state index in [-0.39, 0.29) is 12.2 Å². The van der Waals surface area contributed by atoms with Crippen LogP contribution in [0.2, 0.25) is 0 Å². The molecular formula is C15H20F2N2OS. The van der Waals surface area contributed by atoms with Gasteiger partial charge in [-0.1, -0.05) is 6.07 Å². The number of anilines is 1. The minimum atomic E-state index is -0.760. The van der Waals surface area contributed by atoms with Crippen molar-refractivity contribution in [3.8, 4) is 0 Å². The number of amides is 1. The summed E-state index contributed by atoms with van der Waals surface area (Å²) in [5, 5.41) is 6.15. The third-order valence-corrected chi connectivity index (χ3v) is 4.92. The normalized spacial score (nSPS) is 22.0. The molecule has 116 valence electrons. The van der Waals surface area contributed by atoms with Crippen molar-refractivity contribution in [1.29, 1.82) is 0 Å². The Morgan fingerprint density at radius 2 is 1.86 bits per heavy atom. The molecule has 1 aliphatic carbocycles. The van der Waals surface area contributed by atoms with E-state index in [0.29, 0.717) is 11.3 Å². The van der Waals surface area contributed by atoms with Gasteiger partial charge in [-0.2, -0.15) is 11.8 Å². The van der Waals surface area contributed by atoms with Crippen molar-refractivity contribution in [2.24, 2.45) is 0 Å². The van der Waals surface area contributed by atoms with Gasteiger partial charge in [-0.25, -0.2) is 8.78 Å². The highest BCUT2D eigenvalue weighted by Gasteiger charge is 2.21. The fraction of sp³-hybridized carbons (Fsp3) is 0.533. The van der Waals surface area contributed by atoms with Crippen LogP contribution in [0.15, 0.2) is 18.2 Å². The number of para-hydroxylation sites is 1. The molecule has 0 unspecified atom stereocenters. The highest BCUT2D eigenvalue weighted by atomic mass is 32.2. The van der Waals surface area contributed by atoms with Crippen LogP contribution in [0.25, 0.3) is 0 Å². The largest absolute Gasteiger partial charge is 0.320 e. The van der Waals surface area contributed by atoms with Gasteiger partial charge >= 0.3 is 0 Å². The molecule has 0 heterocycles. The van der Waals surface area contributed by atoms with Gasteiger partial charge in [0, 0.05) is 11.3 Å². The number of hydrogen-bond donors (Lipinski definition) is 2. The standard InChI is InChI=1S/C15H20F2N2OS/c1-21-11-7-5-10(6-8-11)18-9-14(20)19-15-12(16)3-2-4-13(15)17/h2-4,10-11,18H,5-9H2,1H3,(H,19,20). The average molecular weight is 314 g/mol. The lowest BCUT2D eigenvalue weighted by atomic mass is 9.95. The van der Waals surface area contributed by atoms with Gasteiger partial charge in [0.15, 0.2) is 0 Å². The molecule has 1 fully saturated rings. The lowest BCUT2D eigenvalue weighted by molar-refractivity contribution is -0.115. The van der Waals surface area contributed by atoms with Gasteiger partial charge in [0.1, 0.15) is 17.3 Å². The van der Waals surface area contributed by atoms with E-state index in [0.717, 1.165) is 37.8 Å². The summed E-state index contributed by atoms with van der Waals surface area (Å²) in [6, 6.07) is 3.82. The molecule has 1 amide bonds. The Balaban J connectivity index is 1.78. The molecule has 0 bridgehead atoms. The van der Waals surface area contributed by atoms with Gasteiger partial charge in [-0.15, -0.1) is 0 Å². The topological polar surface area (TPSA) is 41.1 Å². The first-order chi connectivity index (χ1) is 10.1. The molecule has 0 radical (unpaired) electrons. The van der Waals surface area contributed by atoms with Crippen molar-refractivity contribution < 1.29 is 13.6 Å². The lowest BCUT2D eigenvalue weighted by Gasteiger charge is -2.27. The summed E-state index contributed by atoms with van der Waals surface area (Å²) in [7, 11) is 0. The van der Waals surface area contributed by atoms with E-state index in [1.807, 2.05) is 11.8 Å². The van der Waals surface area contributed by atoms with Gasteiger partial charge in [0.2, 0.25) is 5.91 Å². The van der Waals surface area contributed by atoms with E-state index in [1.54, 1.807) is 0 Å². The van der Waals surface area contributed by atoms with Crippen molar-refractivity contribution >= 4 is 23.4 Å². The molecule has 0 spiro atoms. The number of carbonyl (C=O) groups excluding carboxylic acids is 1. The Bertz CT molecular complexity index is 470. The Morgan fingerprint density at radius 3 is 2.43 bits per heavy atom. The maximum atomic E-state index is 13.4. The molecule has 2 N–H and O–H groups in total. The molecule has 0 aliphatic heterocycles. The quantitative estimate of drug-likeness (QED) is 0.877. The molecular weight excluding hydrogens is 294 g/mol. The van der Waals surface area contributed by atoms with Crippen LogP contribution < -0.4 is 10.6 Å². The first-order valence-electron chi connectivity index (χ1n) is 7.10. The number of carbonyl (C=O) groups is 1. The number of rotatable bonds is 5. The molecule has 1 saturated carbocycles. The van der Waals surface area contributed by atoms with Crippen molar-refractivity contribution in [2.75, 3.05) is 18.1 Å². The third-order valence-electron chi connectivity index (χ3n) is 3.79. The zero-order valence-corrected chi connectivity index (χ0v) is 12.8. The fourth-order valence-corrected chi connectivity index (χ4v) is 3.28. The summed E-state index contributed by atoms with van der Waals surface area (Å²) in [5.41, 5.74) is -0.379. The smallest absolute Gasteiger partial charge is 0.238 e. The van der Waals surface area contributed by atoms with E-state index in [1.165, 1.54) is 6.07 Å². The second-order valence-electron chi connectivity index (χ2n) is 5.24. The minimum Gasteiger partial charge on any atom is -0.320 e.